The van der Waals surface area contributed by atoms with E-state index in [1.165, 1.54) is 16.4 Å². The molecule has 0 aliphatic heterocycles. The highest BCUT2D eigenvalue weighted by Crippen LogP contribution is 2.24. The van der Waals surface area contributed by atoms with Crippen LogP contribution < -0.4 is 9.62 Å². The van der Waals surface area contributed by atoms with Crippen LogP contribution in [0.5, 0.6) is 0 Å². The van der Waals surface area contributed by atoms with Crippen molar-refractivity contribution >= 4 is 27.3 Å². The number of anilines is 2. The fourth-order valence-electron chi connectivity index (χ4n) is 3.05. The number of hydrogen-bond donors (Lipinski definition) is 1. The van der Waals surface area contributed by atoms with Gasteiger partial charge in [-0.2, -0.15) is 0 Å². The Labute approximate surface area is 180 Å². The van der Waals surface area contributed by atoms with E-state index >= 15 is 0 Å². The maximum Gasteiger partial charge on any atom is 0.255 e. The maximum absolute atomic E-state index is 13.8. The van der Waals surface area contributed by atoms with E-state index in [1.54, 1.807) is 24.3 Å². The second-order valence-electron chi connectivity index (χ2n) is 7.32. The monoisotopic (exact) mass is 444 g/mol. The molecule has 1 amide bonds. The Morgan fingerprint density at radius 3 is 2.39 bits per heavy atom. The van der Waals surface area contributed by atoms with Gasteiger partial charge in [-0.05, 0) is 66.9 Å². The van der Waals surface area contributed by atoms with Crippen LogP contribution in [-0.2, 0) is 16.6 Å². The molecule has 162 valence electrons. The van der Waals surface area contributed by atoms with Crippen LogP contribution in [0.1, 0.15) is 27.0 Å². The van der Waals surface area contributed by atoms with Crippen LogP contribution >= 0.6 is 0 Å². The van der Waals surface area contributed by atoms with Gasteiger partial charge in [0.2, 0.25) is 10.0 Å². The number of halogens is 2. The summed E-state index contributed by atoms with van der Waals surface area (Å²) in [5, 5.41) is 2.34. The van der Waals surface area contributed by atoms with Crippen LogP contribution in [0.3, 0.4) is 0 Å². The molecule has 31 heavy (non-hydrogen) atoms. The first-order valence-electron chi connectivity index (χ1n) is 9.45. The molecule has 3 aromatic carbocycles. The Kier molecular flexibility index (Phi) is 6.40. The number of carbonyl (C=O) groups excluding carboxylic acids is 1. The van der Waals surface area contributed by atoms with Crippen molar-refractivity contribution in [3.63, 3.8) is 0 Å². The number of aryl methyl sites for hydroxylation is 2. The van der Waals surface area contributed by atoms with Crippen molar-refractivity contribution in [2.45, 2.75) is 20.4 Å². The maximum atomic E-state index is 13.8. The minimum atomic E-state index is -3.60. The predicted octanol–water partition coefficient (Wildman–Crippen LogP) is 4.80. The van der Waals surface area contributed by atoms with Gasteiger partial charge in [0.25, 0.3) is 5.91 Å². The summed E-state index contributed by atoms with van der Waals surface area (Å²) >= 11 is 0. The molecular formula is C23H22F2N2O3S. The van der Waals surface area contributed by atoms with E-state index in [-0.39, 0.29) is 17.8 Å². The summed E-state index contributed by atoms with van der Waals surface area (Å²) in [4.78, 5) is 12.5. The summed E-state index contributed by atoms with van der Waals surface area (Å²) in [6, 6.07) is 14.5. The third kappa shape index (κ3) is 5.46. The Morgan fingerprint density at radius 2 is 1.71 bits per heavy atom. The number of benzene rings is 3. The van der Waals surface area contributed by atoms with Crippen LogP contribution in [0, 0.1) is 25.5 Å². The second-order valence-corrected chi connectivity index (χ2v) is 9.22. The van der Waals surface area contributed by atoms with E-state index in [4.69, 9.17) is 0 Å². The number of carbonyl (C=O) groups is 1. The van der Waals surface area contributed by atoms with Gasteiger partial charge < -0.3 is 5.32 Å². The third-order valence-electron chi connectivity index (χ3n) is 4.87. The van der Waals surface area contributed by atoms with Gasteiger partial charge in [0.15, 0.2) is 0 Å². The SMILES string of the molecule is Cc1ccc(N(Cc2cccc(C(=O)Nc3cc(F)ccc3F)c2)S(C)(=O)=O)cc1C. The minimum Gasteiger partial charge on any atom is -0.319 e. The zero-order valence-corrected chi connectivity index (χ0v) is 18.1. The van der Waals surface area contributed by atoms with E-state index in [0.717, 1.165) is 35.6 Å². The number of sulfonamides is 1. The summed E-state index contributed by atoms with van der Waals surface area (Å²) in [5.41, 5.74) is 2.99. The third-order valence-corrected chi connectivity index (χ3v) is 6.01. The Bertz CT molecular complexity index is 1240. The molecule has 0 radical (unpaired) electrons. The van der Waals surface area contributed by atoms with E-state index in [9.17, 15) is 22.0 Å². The van der Waals surface area contributed by atoms with Gasteiger partial charge >= 0.3 is 0 Å². The Morgan fingerprint density at radius 1 is 0.968 bits per heavy atom. The molecule has 0 atom stereocenters. The zero-order valence-electron chi connectivity index (χ0n) is 17.3. The summed E-state index contributed by atoms with van der Waals surface area (Å²) in [5.74, 6) is -2.07. The molecule has 3 rings (SSSR count). The first-order chi connectivity index (χ1) is 14.5. The topological polar surface area (TPSA) is 66.5 Å². The standard InChI is InChI=1S/C23H22F2N2O3S/c1-15-7-9-20(11-16(15)2)27(31(3,29)30)14-17-5-4-6-18(12-17)23(28)26-22-13-19(24)8-10-21(22)25/h4-13H,14H2,1-3H3,(H,26,28). The van der Waals surface area contributed by atoms with Gasteiger partial charge in [-0.15, -0.1) is 0 Å². The van der Waals surface area contributed by atoms with Crippen molar-refractivity contribution < 1.29 is 22.0 Å². The van der Waals surface area contributed by atoms with Gasteiger partial charge in [0, 0.05) is 11.6 Å². The van der Waals surface area contributed by atoms with E-state index in [1.807, 2.05) is 19.9 Å². The number of rotatable bonds is 6. The largest absolute Gasteiger partial charge is 0.319 e. The molecule has 0 bridgehead atoms. The first-order valence-corrected chi connectivity index (χ1v) is 11.3. The molecule has 0 aromatic heterocycles. The molecular weight excluding hydrogens is 422 g/mol. The summed E-state index contributed by atoms with van der Waals surface area (Å²) in [6.07, 6.45) is 1.12. The van der Waals surface area contributed by atoms with Crippen LogP contribution in [0.2, 0.25) is 0 Å². The summed E-state index contributed by atoms with van der Waals surface area (Å²) in [7, 11) is -3.60. The van der Waals surface area contributed by atoms with Crippen molar-refractivity contribution in [3.05, 3.63) is 94.6 Å². The molecule has 0 heterocycles. The average Bonchev–Trinajstić information content (AvgIpc) is 2.70. The average molecular weight is 445 g/mol. The number of nitrogens with zero attached hydrogens (tertiary/aromatic N) is 1. The molecule has 0 spiro atoms. The van der Waals surface area contributed by atoms with Crippen LogP contribution in [0.25, 0.3) is 0 Å². The quantitative estimate of drug-likeness (QED) is 0.594. The molecule has 0 aliphatic carbocycles. The van der Waals surface area contributed by atoms with E-state index < -0.39 is 27.6 Å². The minimum absolute atomic E-state index is 0.0107. The van der Waals surface area contributed by atoms with Gasteiger partial charge in [0.1, 0.15) is 11.6 Å². The van der Waals surface area contributed by atoms with Crippen molar-refractivity contribution in [2.24, 2.45) is 0 Å². The molecule has 5 nitrogen and oxygen atoms in total. The lowest BCUT2D eigenvalue weighted by Gasteiger charge is -2.23. The lowest BCUT2D eigenvalue weighted by Crippen LogP contribution is -2.29. The fourth-order valence-corrected chi connectivity index (χ4v) is 3.93. The van der Waals surface area contributed by atoms with Crippen molar-refractivity contribution in [1.29, 1.82) is 0 Å². The van der Waals surface area contributed by atoms with Crippen LogP contribution in [-0.4, -0.2) is 20.6 Å². The van der Waals surface area contributed by atoms with Crippen molar-refractivity contribution in [3.8, 4) is 0 Å². The molecule has 0 unspecified atom stereocenters. The van der Waals surface area contributed by atoms with Gasteiger partial charge in [-0.25, -0.2) is 17.2 Å². The van der Waals surface area contributed by atoms with Crippen LogP contribution in [0.4, 0.5) is 20.2 Å². The molecule has 0 fully saturated rings. The van der Waals surface area contributed by atoms with E-state index in [0.29, 0.717) is 11.3 Å². The lowest BCUT2D eigenvalue weighted by molar-refractivity contribution is 0.102. The highest BCUT2D eigenvalue weighted by molar-refractivity contribution is 7.92. The van der Waals surface area contributed by atoms with Gasteiger partial charge in [0.05, 0.1) is 24.2 Å². The fraction of sp³-hybridized carbons (Fsp3) is 0.174. The Balaban J connectivity index is 1.87. The predicted molar refractivity (Wildman–Crippen MR) is 118 cm³/mol. The van der Waals surface area contributed by atoms with Crippen LogP contribution in [0.15, 0.2) is 60.7 Å². The summed E-state index contributed by atoms with van der Waals surface area (Å²) < 4.78 is 53.3. The van der Waals surface area contributed by atoms with Gasteiger partial charge in [-0.3, -0.25) is 9.10 Å². The molecule has 8 heteroatoms. The number of hydrogen-bond acceptors (Lipinski definition) is 3. The van der Waals surface area contributed by atoms with Crippen molar-refractivity contribution in [2.75, 3.05) is 15.9 Å². The molecule has 3 aromatic rings. The molecule has 0 aliphatic rings. The first kappa shape index (κ1) is 22.4. The van der Waals surface area contributed by atoms with E-state index in [2.05, 4.69) is 5.32 Å². The molecule has 0 saturated heterocycles. The Hall–Kier alpha value is -3.26. The summed E-state index contributed by atoms with van der Waals surface area (Å²) in [6.45, 7) is 3.85. The highest BCUT2D eigenvalue weighted by atomic mass is 32.2. The normalized spacial score (nSPS) is 11.3. The number of nitrogens with one attached hydrogen (secondary N) is 1. The highest BCUT2D eigenvalue weighted by Gasteiger charge is 2.19. The zero-order chi connectivity index (χ0) is 22.8. The second kappa shape index (κ2) is 8.85. The van der Waals surface area contributed by atoms with Crippen molar-refractivity contribution in [1.82, 2.24) is 0 Å². The molecule has 0 saturated carbocycles. The lowest BCUT2D eigenvalue weighted by atomic mass is 10.1. The molecule has 1 N–H and O–H groups in total. The van der Waals surface area contributed by atoms with Gasteiger partial charge in [-0.1, -0.05) is 18.2 Å². The number of amides is 1. The smallest absolute Gasteiger partial charge is 0.255 e.